The average molecular weight is 380 g/mol. The van der Waals surface area contributed by atoms with Crippen molar-refractivity contribution in [3.05, 3.63) is 46.2 Å². The Hall–Kier alpha value is -1.66. The van der Waals surface area contributed by atoms with Crippen LogP contribution in [0.15, 0.2) is 34.9 Å². The van der Waals surface area contributed by atoms with Crippen LogP contribution in [0.1, 0.15) is 35.8 Å². The zero-order valence-electron chi connectivity index (χ0n) is 13.5. The number of halogens is 1. The van der Waals surface area contributed by atoms with Gasteiger partial charge in [0.05, 0.1) is 29.7 Å². The first-order chi connectivity index (χ1) is 11.1. The number of carbonyl (C=O) groups excluding carboxylic acids is 1. The van der Waals surface area contributed by atoms with E-state index in [9.17, 15) is 9.90 Å². The summed E-state index contributed by atoms with van der Waals surface area (Å²) >= 11 is 3.41. The van der Waals surface area contributed by atoms with E-state index in [2.05, 4.69) is 28.0 Å². The molecule has 0 atom stereocenters. The molecule has 1 aromatic heterocycles. The Morgan fingerprint density at radius 3 is 2.61 bits per heavy atom. The van der Waals surface area contributed by atoms with Crippen LogP contribution in [0.3, 0.4) is 0 Å². The van der Waals surface area contributed by atoms with Crippen LogP contribution in [-0.4, -0.2) is 45.4 Å². The number of aromatic nitrogens is 2. The minimum absolute atomic E-state index is 0.0324. The van der Waals surface area contributed by atoms with Crippen LogP contribution in [-0.2, 0) is 0 Å². The second kappa shape index (κ2) is 8.26. The Balaban J connectivity index is 2.26. The van der Waals surface area contributed by atoms with Gasteiger partial charge >= 0.3 is 0 Å². The second-order valence-electron chi connectivity index (χ2n) is 5.40. The van der Waals surface area contributed by atoms with E-state index in [0.717, 1.165) is 28.7 Å². The first-order valence-electron chi connectivity index (χ1n) is 7.79. The molecule has 1 N–H and O–H groups in total. The Bertz CT molecular complexity index is 652. The highest BCUT2D eigenvalue weighted by Crippen LogP contribution is 2.18. The number of unbranched alkanes of at least 4 members (excludes halogenated alkanes) is 1. The molecule has 5 nitrogen and oxygen atoms in total. The molecule has 0 radical (unpaired) electrons. The maximum atomic E-state index is 12.7. The van der Waals surface area contributed by atoms with Gasteiger partial charge in [0.25, 0.3) is 5.91 Å². The average Bonchev–Trinajstić information content (AvgIpc) is 2.93. The quantitative estimate of drug-likeness (QED) is 0.803. The molecule has 0 saturated carbocycles. The highest BCUT2D eigenvalue weighted by atomic mass is 79.9. The lowest BCUT2D eigenvalue weighted by Gasteiger charge is -2.21. The third-order valence-corrected chi connectivity index (χ3v) is 4.28. The molecule has 0 saturated heterocycles. The van der Waals surface area contributed by atoms with Gasteiger partial charge in [0.1, 0.15) is 0 Å². The van der Waals surface area contributed by atoms with Gasteiger partial charge in [-0.15, -0.1) is 0 Å². The normalized spacial score (nSPS) is 10.8. The van der Waals surface area contributed by atoms with Gasteiger partial charge in [-0.05, 0) is 37.6 Å². The van der Waals surface area contributed by atoms with Crippen LogP contribution in [0.5, 0.6) is 0 Å². The van der Waals surface area contributed by atoms with E-state index in [0.29, 0.717) is 18.7 Å². The van der Waals surface area contributed by atoms with E-state index in [-0.39, 0.29) is 12.5 Å². The van der Waals surface area contributed by atoms with Crippen molar-refractivity contribution in [2.45, 2.75) is 26.7 Å². The van der Waals surface area contributed by atoms with Crippen molar-refractivity contribution in [2.75, 3.05) is 19.7 Å². The topological polar surface area (TPSA) is 58.4 Å². The second-order valence-corrected chi connectivity index (χ2v) is 6.32. The number of aliphatic hydroxyl groups is 1. The molecule has 1 amide bonds. The summed E-state index contributed by atoms with van der Waals surface area (Å²) in [6.07, 6.45) is 3.54. The number of benzene rings is 1. The zero-order chi connectivity index (χ0) is 16.8. The molecule has 0 aliphatic heterocycles. The summed E-state index contributed by atoms with van der Waals surface area (Å²) < 4.78 is 2.76. The van der Waals surface area contributed by atoms with Crippen molar-refractivity contribution in [3.8, 4) is 5.69 Å². The van der Waals surface area contributed by atoms with Crippen molar-refractivity contribution < 1.29 is 9.90 Å². The van der Waals surface area contributed by atoms with Crippen molar-refractivity contribution in [2.24, 2.45) is 0 Å². The Kier molecular flexibility index (Phi) is 6.36. The molecule has 2 rings (SSSR count). The SMILES string of the molecule is CCCCN(CCO)C(=O)c1cnn(-c2ccc(Br)cc2)c1C. The Labute approximate surface area is 145 Å². The van der Waals surface area contributed by atoms with Crippen molar-refractivity contribution >= 4 is 21.8 Å². The highest BCUT2D eigenvalue weighted by Gasteiger charge is 2.20. The molecule has 124 valence electrons. The van der Waals surface area contributed by atoms with Gasteiger partial charge in [-0.2, -0.15) is 5.10 Å². The predicted molar refractivity (Wildman–Crippen MR) is 93.9 cm³/mol. The number of nitrogens with zero attached hydrogens (tertiary/aromatic N) is 3. The number of aliphatic hydroxyl groups excluding tert-OH is 1. The van der Waals surface area contributed by atoms with E-state index < -0.39 is 0 Å². The van der Waals surface area contributed by atoms with E-state index in [1.54, 1.807) is 15.8 Å². The summed E-state index contributed by atoms with van der Waals surface area (Å²) in [4.78, 5) is 14.4. The summed E-state index contributed by atoms with van der Waals surface area (Å²) in [6, 6.07) is 7.77. The van der Waals surface area contributed by atoms with Crippen LogP contribution in [0.2, 0.25) is 0 Å². The van der Waals surface area contributed by atoms with Crippen LogP contribution >= 0.6 is 15.9 Å². The zero-order valence-corrected chi connectivity index (χ0v) is 15.1. The third-order valence-electron chi connectivity index (χ3n) is 3.75. The molecule has 0 aliphatic rings. The monoisotopic (exact) mass is 379 g/mol. The summed E-state index contributed by atoms with van der Waals surface area (Å²) in [5, 5.41) is 13.5. The van der Waals surface area contributed by atoms with Crippen LogP contribution in [0, 0.1) is 6.92 Å². The lowest BCUT2D eigenvalue weighted by Crippen LogP contribution is -2.34. The standard InChI is InChI=1S/C17H22BrN3O2/c1-3-4-9-20(10-11-22)17(23)16-12-19-21(13(16)2)15-7-5-14(18)6-8-15/h5-8,12,22H,3-4,9-11H2,1-2H3. The first kappa shape index (κ1) is 17.7. The summed E-state index contributed by atoms with van der Waals surface area (Å²) in [7, 11) is 0. The van der Waals surface area contributed by atoms with E-state index >= 15 is 0 Å². The van der Waals surface area contributed by atoms with Crippen LogP contribution < -0.4 is 0 Å². The van der Waals surface area contributed by atoms with Crippen LogP contribution in [0.25, 0.3) is 5.69 Å². The highest BCUT2D eigenvalue weighted by molar-refractivity contribution is 9.10. The Morgan fingerprint density at radius 2 is 2.00 bits per heavy atom. The molecular weight excluding hydrogens is 358 g/mol. The van der Waals surface area contributed by atoms with Gasteiger partial charge in [-0.3, -0.25) is 4.79 Å². The van der Waals surface area contributed by atoms with Gasteiger partial charge in [0.15, 0.2) is 0 Å². The number of carbonyl (C=O) groups is 1. The minimum atomic E-state index is -0.0756. The fourth-order valence-electron chi connectivity index (χ4n) is 2.42. The molecule has 0 unspecified atom stereocenters. The van der Waals surface area contributed by atoms with Crippen LogP contribution in [0.4, 0.5) is 0 Å². The summed E-state index contributed by atoms with van der Waals surface area (Å²) in [5.74, 6) is -0.0756. The van der Waals surface area contributed by atoms with Gasteiger partial charge < -0.3 is 10.0 Å². The van der Waals surface area contributed by atoms with Gasteiger partial charge in [-0.1, -0.05) is 29.3 Å². The molecule has 6 heteroatoms. The molecule has 0 aliphatic carbocycles. The Morgan fingerprint density at radius 1 is 1.30 bits per heavy atom. The van der Waals surface area contributed by atoms with Gasteiger partial charge in [0, 0.05) is 17.6 Å². The lowest BCUT2D eigenvalue weighted by atomic mass is 10.2. The van der Waals surface area contributed by atoms with Crippen molar-refractivity contribution in [1.29, 1.82) is 0 Å². The fourth-order valence-corrected chi connectivity index (χ4v) is 2.68. The lowest BCUT2D eigenvalue weighted by molar-refractivity contribution is 0.0718. The largest absolute Gasteiger partial charge is 0.395 e. The summed E-state index contributed by atoms with van der Waals surface area (Å²) in [6.45, 7) is 4.94. The molecule has 2 aromatic rings. The maximum Gasteiger partial charge on any atom is 0.257 e. The fraction of sp³-hybridized carbons (Fsp3) is 0.412. The number of hydrogen-bond donors (Lipinski definition) is 1. The molecule has 0 spiro atoms. The molecule has 0 fully saturated rings. The van der Waals surface area contributed by atoms with Gasteiger partial charge in [-0.25, -0.2) is 4.68 Å². The summed E-state index contributed by atoms with van der Waals surface area (Å²) in [5.41, 5.74) is 2.29. The van der Waals surface area contributed by atoms with Crippen molar-refractivity contribution in [3.63, 3.8) is 0 Å². The number of rotatable bonds is 7. The van der Waals surface area contributed by atoms with E-state index in [1.165, 1.54) is 0 Å². The molecule has 1 aromatic carbocycles. The van der Waals surface area contributed by atoms with Crippen molar-refractivity contribution in [1.82, 2.24) is 14.7 Å². The first-order valence-corrected chi connectivity index (χ1v) is 8.58. The van der Waals surface area contributed by atoms with Gasteiger partial charge in [0.2, 0.25) is 0 Å². The molecule has 1 heterocycles. The maximum absolute atomic E-state index is 12.7. The molecular formula is C17H22BrN3O2. The third kappa shape index (κ3) is 4.20. The molecule has 23 heavy (non-hydrogen) atoms. The number of amides is 1. The minimum Gasteiger partial charge on any atom is -0.395 e. The van der Waals surface area contributed by atoms with E-state index in [1.807, 2.05) is 31.2 Å². The number of hydrogen-bond acceptors (Lipinski definition) is 3. The smallest absolute Gasteiger partial charge is 0.257 e. The predicted octanol–water partition coefficient (Wildman–Crippen LogP) is 3.18. The molecule has 0 bridgehead atoms. The van der Waals surface area contributed by atoms with E-state index in [4.69, 9.17) is 0 Å².